The number of rotatable bonds is 0. The Labute approximate surface area is 53.2 Å². The van der Waals surface area contributed by atoms with Gasteiger partial charge in [0.05, 0.1) is 8.41 Å². The fourth-order valence-corrected chi connectivity index (χ4v) is 0. The van der Waals surface area contributed by atoms with Crippen molar-refractivity contribution in [1.82, 2.24) is 0 Å². The van der Waals surface area contributed by atoms with Gasteiger partial charge in [-0.25, -0.2) is 4.57 Å². The van der Waals surface area contributed by atoms with E-state index in [1.165, 1.54) is 0 Å². The summed E-state index contributed by atoms with van der Waals surface area (Å²) in [7, 11) is -4.64. The van der Waals surface area contributed by atoms with Crippen LogP contribution in [0.25, 0.3) is 0 Å². The van der Waals surface area contributed by atoms with E-state index in [-0.39, 0.29) is 25.5 Å². The van der Waals surface area contributed by atoms with Crippen molar-refractivity contribution >= 4 is 16.2 Å². The quantitative estimate of drug-likeness (QED) is 0.284. The van der Waals surface area contributed by atoms with Gasteiger partial charge in [-0.1, -0.05) is 0 Å². The van der Waals surface area contributed by atoms with E-state index in [0.717, 1.165) is 0 Å². The Morgan fingerprint density at radius 1 is 1.14 bits per heavy atom. The maximum Gasteiger partial charge on any atom is 0.466 e. The molecule has 0 fully saturated rings. The van der Waals surface area contributed by atoms with E-state index >= 15 is 0 Å². The van der Waals surface area contributed by atoms with Crippen molar-refractivity contribution in [1.29, 1.82) is 0 Å². The van der Waals surface area contributed by atoms with E-state index in [1.807, 2.05) is 0 Å². The number of phosphoric acid groups is 1. The second-order valence-electron chi connectivity index (χ2n) is 0.513. The average Bonchev–Trinajstić information content (AvgIpc) is 0.722. The van der Waals surface area contributed by atoms with Gasteiger partial charge in [0.2, 0.25) is 0 Å². The third-order valence-corrected chi connectivity index (χ3v) is 0. The van der Waals surface area contributed by atoms with Gasteiger partial charge in [-0.3, -0.25) is 0 Å². The number of hydrogen-bond donors (Lipinski definition) is 3. The van der Waals surface area contributed by atoms with Crippen LogP contribution in [0.1, 0.15) is 0 Å². The predicted octanol–water partition coefficient (Wildman–Crippen LogP) is -2.12. The van der Waals surface area contributed by atoms with Crippen LogP contribution in [0, 0.1) is 0 Å². The zero-order chi connectivity index (χ0) is 4.50. The van der Waals surface area contributed by atoms with E-state index in [2.05, 4.69) is 0 Å². The summed E-state index contributed by atoms with van der Waals surface area (Å²) >= 11 is 0. The van der Waals surface area contributed by atoms with Crippen LogP contribution in [0.15, 0.2) is 0 Å². The van der Waals surface area contributed by atoms with Crippen molar-refractivity contribution in [2.24, 2.45) is 0 Å². The Kier molecular flexibility index (Phi) is 10.8. The largest absolute Gasteiger partial charge is 0.466 e. The molecule has 3 N–H and O–H groups in total. The molecule has 0 atom stereocenters. The molecule has 0 saturated carbocycles. The van der Waals surface area contributed by atoms with Crippen LogP contribution in [0.5, 0.6) is 0 Å². The Morgan fingerprint density at radius 2 is 1.14 bits per heavy atom. The van der Waals surface area contributed by atoms with Crippen molar-refractivity contribution in [2.75, 3.05) is 0 Å². The summed E-state index contributed by atoms with van der Waals surface area (Å²) in [6, 6.07) is 0. The van der Waals surface area contributed by atoms with E-state index < -0.39 is 7.82 Å². The van der Waals surface area contributed by atoms with Crippen LogP contribution in [0.2, 0.25) is 0 Å². The summed E-state index contributed by atoms with van der Waals surface area (Å²) in [5, 5.41) is 0. The third kappa shape index (κ3) is 306. The van der Waals surface area contributed by atoms with Gasteiger partial charge in [0, 0.05) is 17.1 Å². The van der Waals surface area contributed by atoms with Crippen molar-refractivity contribution in [3.8, 4) is 0 Å². The summed E-state index contributed by atoms with van der Waals surface area (Å²) in [4.78, 5) is 21.6. The Hall–Kier alpha value is 0.694. The van der Waals surface area contributed by atoms with E-state index in [1.54, 1.807) is 0 Å². The monoisotopic (exact) mass is 167 g/mol. The molecule has 7 heavy (non-hydrogen) atoms. The summed E-state index contributed by atoms with van der Waals surface area (Å²) in [6.45, 7) is 0. The molecule has 0 bridgehead atoms. The second-order valence-corrected chi connectivity index (χ2v) is 1.54. The van der Waals surface area contributed by atoms with Gasteiger partial charge < -0.3 is 14.7 Å². The summed E-state index contributed by atoms with van der Waals surface area (Å²) in [5.74, 6) is 0. The Balaban J connectivity index is -0.0000000800. The first kappa shape index (κ1) is 15.6. The molecule has 4 nitrogen and oxygen atoms in total. The molecule has 0 aliphatic rings. The summed E-state index contributed by atoms with van der Waals surface area (Å²) in [5.41, 5.74) is 0. The molecule has 0 rings (SSSR count). The second kappa shape index (κ2) is 4.84. The first-order valence-corrected chi connectivity index (χ1v) is 2.35. The van der Waals surface area contributed by atoms with Crippen molar-refractivity contribution in [3.05, 3.63) is 0 Å². The van der Waals surface area contributed by atoms with Crippen LogP contribution < -0.4 is 0 Å². The van der Waals surface area contributed by atoms with Crippen molar-refractivity contribution < 1.29 is 36.3 Å². The van der Waals surface area contributed by atoms with Gasteiger partial charge in [0.1, 0.15) is 0 Å². The molecular weight excluding hydrogens is 161 g/mol. The smallest absolute Gasteiger partial charge is 0.303 e. The molecule has 0 unspecified atom stereocenters. The molecule has 45 valence electrons. The minimum Gasteiger partial charge on any atom is -0.303 e. The molecular formula is H6BMnO4P. The predicted molar refractivity (Wildman–Crippen MR) is 24.2 cm³/mol. The van der Waals surface area contributed by atoms with Gasteiger partial charge in [0.15, 0.2) is 0 Å². The number of hydrogen-bond acceptors (Lipinski definition) is 1. The maximum absolute atomic E-state index is 8.88. The summed E-state index contributed by atoms with van der Waals surface area (Å²) in [6.07, 6.45) is 0. The topological polar surface area (TPSA) is 77.8 Å². The van der Waals surface area contributed by atoms with Crippen molar-refractivity contribution in [3.63, 3.8) is 0 Å². The van der Waals surface area contributed by atoms with E-state index in [0.29, 0.717) is 0 Å². The van der Waals surface area contributed by atoms with Crippen LogP contribution in [0.4, 0.5) is 0 Å². The van der Waals surface area contributed by atoms with Crippen LogP contribution >= 0.6 is 7.82 Å². The standard InChI is InChI=1S/BH3.Mn.H3O4P/c;;1-5(2,3)4/h1H3;;(H3,1,2,3,4). The van der Waals surface area contributed by atoms with E-state index in [4.69, 9.17) is 19.2 Å². The van der Waals surface area contributed by atoms with E-state index in [9.17, 15) is 0 Å². The van der Waals surface area contributed by atoms with Crippen molar-refractivity contribution in [2.45, 2.75) is 0 Å². The fraction of sp³-hybridized carbons (Fsp3) is 0. The molecule has 1 radical (unpaired) electrons. The molecule has 0 aromatic rings. The van der Waals surface area contributed by atoms with Gasteiger partial charge in [-0.15, -0.1) is 0 Å². The Morgan fingerprint density at radius 3 is 1.14 bits per heavy atom. The third-order valence-electron chi connectivity index (χ3n) is 0. The van der Waals surface area contributed by atoms with Crippen LogP contribution in [-0.4, -0.2) is 23.1 Å². The normalized spacial score (nSPS) is 8.43. The molecule has 0 spiro atoms. The maximum atomic E-state index is 8.88. The van der Waals surface area contributed by atoms with Crippen LogP contribution in [0.3, 0.4) is 0 Å². The summed E-state index contributed by atoms with van der Waals surface area (Å²) < 4.78 is 8.88. The van der Waals surface area contributed by atoms with Gasteiger partial charge in [0.25, 0.3) is 0 Å². The minimum absolute atomic E-state index is 0. The Bertz CT molecular complexity index is 57.8. The molecule has 0 aromatic carbocycles. The zero-order valence-electron chi connectivity index (χ0n) is 2.58. The first-order valence-electron chi connectivity index (χ1n) is 0.783. The fourth-order valence-electron chi connectivity index (χ4n) is 0. The van der Waals surface area contributed by atoms with Gasteiger partial charge >= 0.3 is 7.82 Å². The minimum atomic E-state index is -4.64. The molecule has 0 heterocycles. The molecule has 7 heteroatoms. The van der Waals surface area contributed by atoms with Gasteiger partial charge in [-0.05, 0) is 0 Å². The molecule has 0 saturated heterocycles. The molecule has 0 aromatic heterocycles. The molecule has 0 aliphatic heterocycles. The average molecular weight is 167 g/mol. The SMILES string of the molecule is B.O=P(O)(O)O.[Mn]. The van der Waals surface area contributed by atoms with Crippen LogP contribution in [-0.2, 0) is 21.6 Å². The zero-order valence-corrected chi connectivity index (χ0v) is 4.65. The molecule has 0 amide bonds. The molecule has 0 aliphatic carbocycles. The first-order chi connectivity index (χ1) is 2.00. The van der Waals surface area contributed by atoms with Gasteiger partial charge in [-0.2, -0.15) is 0 Å².